The minimum atomic E-state index is 0.627. The lowest BCUT2D eigenvalue weighted by atomic mass is 9.90. The molecule has 2 heteroatoms. The Bertz CT molecular complexity index is 680. The third-order valence-corrected chi connectivity index (χ3v) is 4.53. The molecule has 2 N–H and O–H groups in total. The van der Waals surface area contributed by atoms with Gasteiger partial charge in [0.1, 0.15) is 6.07 Å². The van der Waals surface area contributed by atoms with Gasteiger partial charge in [-0.1, -0.05) is 63.3 Å². The molecule has 116 valence electrons. The van der Waals surface area contributed by atoms with Gasteiger partial charge in [0.2, 0.25) is 0 Å². The summed E-state index contributed by atoms with van der Waals surface area (Å²) in [6, 6.07) is 10.5. The first kappa shape index (κ1) is 16.4. The number of nitrogen functional groups attached to an aromatic ring is 1. The average Bonchev–Trinajstić information content (AvgIpc) is 2.54. The summed E-state index contributed by atoms with van der Waals surface area (Å²) >= 11 is 0. The second-order valence-electron chi connectivity index (χ2n) is 6.07. The van der Waals surface area contributed by atoms with Crippen LogP contribution in [0.15, 0.2) is 24.3 Å². The molecule has 0 fully saturated rings. The summed E-state index contributed by atoms with van der Waals surface area (Å²) in [6.07, 6.45) is 8.75. The zero-order valence-electron chi connectivity index (χ0n) is 13.8. The maximum atomic E-state index is 9.42. The topological polar surface area (TPSA) is 49.8 Å². The molecule has 22 heavy (non-hydrogen) atoms. The highest BCUT2D eigenvalue weighted by atomic mass is 14.6. The van der Waals surface area contributed by atoms with E-state index in [1.807, 2.05) is 19.1 Å². The summed E-state index contributed by atoms with van der Waals surface area (Å²) < 4.78 is 0. The summed E-state index contributed by atoms with van der Waals surface area (Å²) in [5, 5.41) is 11.7. The number of rotatable bonds is 7. The second kappa shape index (κ2) is 7.84. The Kier molecular flexibility index (Phi) is 5.83. The number of nitrogens with zero attached hydrogens (tertiary/aromatic N) is 1. The molecule has 0 saturated heterocycles. The van der Waals surface area contributed by atoms with Crippen molar-refractivity contribution >= 4 is 16.5 Å². The second-order valence-corrected chi connectivity index (χ2v) is 6.07. The largest absolute Gasteiger partial charge is 0.397 e. The van der Waals surface area contributed by atoms with E-state index >= 15 is 0 Å². The molecule has 2 nitrogen and oxygen atoms in total. The minimum Gasteiger partial charge on any atom is -0.397 e. The van der Waals surface area contributed by atoms with E-state index in [1.54, 1.807) is 0 Å². The van der Waals surface area contributed by atoms with Gasteiger partial charge in [0.25, 0.3) is 0 Å². The summed E-state index contributed by atoms with van der Waals surface area (Å²) in [4.78, 5) is 0. The van der Waals surface area contributed by atoms with E-state index in [4.69, 9.17) is 5.73 Å². The average molecular weight is 294 g/mol. The van der Waals surface area contributed by atoms with E-state index in [-0.39, 0.29) is 0 Å². The lowest BCUT2D eigenvalue weighted by Crippen LogP contribution is -2.01. The number of benzene rings is 2. The van der Waals surface area contributed by atoms with Gasteiger partial charge in [-0.3, -0.25) is 0 Å². The van der Waals surface area contributed by atoms with Crippen LogP contribution in [0.3, 0.4) is 0 Å². The lowest BCUT2D eigenvalue weighted by Gasteiger charge is -2.15. The van der Waals surface area contributed by atoms with Gasteiger partial charge in [-0.15, -0.1) is 0 Å². The molecule has 0 aromatic heterocycles. The first-order chi connectivity index (χ1) is 10.7. The fourth-order valence-corrected chi connectivity index (χ4v) is 3.22. The van der Waals surface area contributed by atoms with E-state index in [1.165, 1.54) is 49.5 Å². The number of nitrogens with two attached hydrogens (primary N) is 1. The first-order valence-corrected chi connectivity index (χ1v) is 8.40. The fraction of sp³-hybridized carbons (Fsp3) is 0.450. The predicted molar refractivity (Wildman–Crippen MR) is 94.9 cm³/mol. The van der Waals surface area contributed by atoms with E-state index in [0.717, 1.165) is 17.4 Å². The fourth-order valence-electron chi connectivity index (χ4n) is 3.22. The predicted octanol–water partition coefficient (Wildman–Crippen LogP) is 5.51. The van der Waals surface area contributed by atoms with Gasteiger partial charge in [-0.25, -0.2) is 0 Å². The van der Waals surface area contributed by atoms with Crippen molar-refractivity contribution < 1.29 is 0 Å². The van der Waals surface area contributed by atoms with Crippen molar-refractivity contribution in [3.63, 3.8) is 0 Å². The van der Waals surface area contributed by atoms with Crippen LogP contribution in [0.25, 0.3) is 10.8 Å². The Morgan fingerprint density at radius 1 is 1.00 bits per heavy atom. The Labute approximate surface area is 133 Å². The molecule has 0 heterocycles. The first-order valence-electron chi connectivity index (χ1n) is 8.40. The van der Waals surface area contributed by atoms with Crippen LogP contribution < -0.4 is 5.73 Å². The van der Waals surface area contributed by atoms with Gasteiger partial charge >= 0.3 is 0 Å². The minimum absolute atomic E-state index is 0.627. The van der Waals surface area contributed by atoms with E-state index in [2.05, 4.69) is 25.1 Å². The summed E-state index contributed by atoms with van der Waals surface area (Å²) in [7, 11) is 0. The van der Waals surface area contributed by atoms with Crippen LogP contribution in [0.4, 0.5) is 5.69 Å². The van der Waals surface area contributed by atoms with Crippen LogP contribution in [0.5, 0.6) is 0 Å². The van der Waals surface area contributed by atoms with Crippen LogP contribution >= 0.6 is 0 Å². The van der Waals surface area contributed by atoms with Crippen LogP contribution in [-0.4, -0.2) is 0 Å². The Balaban J connectivity index is 2.23. The zero-order valence-corrected chi connectivity index (χ0v) is 13.8. The molecule has 2 aromatic carbocycles. The third-order valence-electron chi connectivity index (χ3n) is 4.53. The monoisotopic (exact) mass is 294 g/mol. The quantitative estimate of drug-likeness (QED) is 0.541. The molecule has 0 atom stereocenters. The molecule has 0 spiro atoms. The molecule has 0 amide bonds. The van der Waals surface area contributed by atoms with E-state index in [9.17, 15) is 5.26 Å². The van der Waals surface area contributed by atoms with Gasteiger partial charge in [-0.2, -0.15) is 5.26 Å². The van der Waals surface area contributed by atoms with Gasteiger partial charge in [0, 0.05) is 5.39 Å². The van der Waals surface area contributed by atoms with Crippen LogP contribution in [0.1, 0.15) is 62.1 Å². The molecule has 0 saturated carbocycles. The van der Waals surface area contributed by atoms with Crippen molar-refractivity contribution in [3.8, 4) is 6.07 Å². The Morgan fingerprint density at radius 3 is 2.32 bits per heavy atom. The molecule has 0 aliphatic carbocycles. The normalized spacial score (nSPS) is 10.8. The highest BCUT2D eigenvalue weighted by Gasteiger charge is 2.14. The molecule has 0 bridgehead atoms. The maximum Gasteiger partial charge on any atom is 0.102 e. The number of aryl methyl sites for hydroxylation is 1. The number of hydrogen-bond acceptors (Lipinski definition) is 2. The number of unbranched alkanes of at least 4 members (excludes halogenated alkanes) is 5. The highest BCUT2D eigenvalue weighted by molar-refractivity contribution is 5.99. The molecule has 0 aliphatic rings. The van der Waals surface area contributed by atoms with Crippen LogP contribution in [0, 0.1) is 18.3 Å². The number of anilines is 1. The summed E-state index contributed by atoms with van der Waals surface area (Å²) in [5.74, 6) is 0. The molecular formula is C20H26N2. The van der Waals surface area contributed by atoms with Gasteiger partial charge in [-0.05, 0) is 36.3 Å². The standard InChI is InChI=1S/C20H26N2/c1-3-4-5-6-7-8-11-16-15(2)19(14-21)20(22)18-13-10-9-12-17(16)18/h9-10,12-13H,3-8,11,22H2,1-2H3. The van der Waals surface area contributed by atoms with Gasteiger partial charge in [0.15, 0.2) is 0 Å². The highest BCUT2D eigenvalue weighted by Crippen LogP contribution is 2.32. The van der Waals surface area contributed by atoms with Crippen LogP contribution in [-0.2, 0) is 6.42 Å². The lowest BCUT2D eigenvalue weighted by molar-refractivity contribution is 0.608. The molecule has 2 aromatic rings. The summed E-state index contributed by atoms with van der Waals surface area (Å²) in [5.41, 5.74) is 9.83. The van der Waals surface area contributed by atoms with E-state index < -0.39 is 0 Å². The van der Waals surface area contributed by atoms with Crippen LogP contribution in [0.2, 0.25) is 0 Å². The Morgan fingerprint density at radius 2 is 1.64 bits per heavy atom. The van der Waals surface area contributed by atoms with E-state index in [0.29, 0.717) is 11.3 Å². The maximum absolute atomic E-state index is 9.42. The number of fused-ring (bicyclic) bond motifs is 1. The number of hydrogen-bond donors (Lipinski definition) is 1. The van der Waals surface area contributed by atoms with Crippen molar-refractivity contribution in [2.75, 3.05) is 5.73 Å². The van der Waals surface area contributed by atoms with Crippen molar-refractivity contribution in [1.29, 1.82) is 5.26 Å². The SMILES string of the molecule is CCCCCCCCc1c(C)c(C#N)c(N)c2ccccc12. The third kappa shape index (κ3) is 3.42. The Hall–Kier alpha value is -2.01. The van der Waals surface area contributed by atoms with Crippen molar-refractivity contribution in [2.24, 2.45) is 0 Å². The number of nitriles is 1. The smallest absolute Gasteiger partial charge is 0.102 e. The van der Waals surface area contributed by atoms with Crippen molar-refractivity contribution in [3.05, 3.63) is 41.0 Å². The molecule has 0 radical (unpaired) electrons. The molecular weight excluding hydrogens is 268 g/mol. The van der Waals surface area contributed by atoms with Gasteiger partial charge in [0.05, 0.1) is 11.3 Å². The van der Waals surface area contributed by atoms with Gasteiger partial charge < -0.3 is 5.73 Å². The zero-order chi connectivity index (χ0) is 15.9. The molecule has 0 aliphatic heterocycles. The molecule has 2 rings (SSSR count). The van der Waals surface area contributed by atoms with Crippen molar-refractivity contribution in [1.82, 2.24) is 0 Å². The molecule has 0 unspecified atom stereocenters. The summed E-state index contributed by atoms with van der Waals surface area (Å²) in [6.45, 7) is 4.28. The van der Waals surface area contributed by atoms with Crippen molar-refractivity contribution in [2.45, 2.75) is 58.8 Å².